The van der Waals surface area contributed by atoms with E-state index in [1.165, 1.54) is 13.8 Å². The van der Waals surface area contributed by atoms with Gasteiger partial charge < -0.3 is 28.7 Å². The molecule has 2 N–H and O–H groups in total. The molecule has 0 aliphatic carbocycles. The molecule has 0 unspecified atom stereocenters. The van der Waals surface area contributed by atoms with Crippen LogP contribution in [0.4, 0.5) is 4.39 Å². The Morgan fingerprint density at radius 1 is 1.44 bits per heavy atom. The van der Waals surface area contributed by atoms with Crippen LogP contribution in [-0.4, -0.2) is 32.5 Å². The van der Waals surface area contributed by atoms with Crippen LogP contribution in [0.5, 0.6) is 0 Å². The van der Waals surface area contributed by atoms with Crippen LogP contribution in [0.3, 0.4) is 0 Å². The van der Waals surface area contributed by atoms with Crippen LogP contribution in [0.15, 0.2) is 15.8 Å². The number of hydrogen-bond acceptors (Lipinski definition) is 8. The number of aromatic amines is 1. The van der Waals surface area contributed by atoms with Crippen molar-refractivity contribution in [2.45, 2.75) is 44.3 Å². The van der Waals surface area contributed by atoms with Crippen molar-refractivity contribution in [1.82, 2.24) is 9.55 Å². The normalized spacial score (nSPS) is 23.7. The van der Waals surface area contributed by atoms with E-state index in [4.69, 9.17) is 4.74 Å². The van der Waals surface area contributed by atoms with Gasteiger partial charge in [0.1, 0.15) is 12.3 Å². The summed E-state index contributed by atoms with van der Waals surface area (Å²) in [6.45, 7) is 2.42. The molecule has 0 saturated carbocycles. The maximum atomic E-state index is 13.3. The second-order valence-corrected chi connectivity index (χ2v) is 6.68. The molecule has 10 nitrogen and oxygen atoms in total. The van der Waals surface area contributed by atoms with Gasteiger partial charge in [-0.1, -0.05) is 0 Å². The van der Waals surface area contributed by atoms with Crippen LogP contribution in [0.25, 0.3) is 0 Å². The molecule has 1 aromatic rings. The number of phosphoric ester groups is 1. The zero-order chi connectivity index (χ0) is 17.6. The number of aliphatic hydroxyl groups excluding tert-OH is 1. The van der Waals surface area contributed by atoms with E-state index in [0.717, 1.165) is 0 Å². The van der Waals surface area contributed by atoms with Gasteiger partial charge in [0.05, 0.1) is 25.7 Å². The van der Waals surface area contributed by atoms with Crippen molar-refractivity contribution in [1.29, 1.82) is 0 Å². The van der Waals surface area contributed by atoms with Crippen LogP contribution in [0.2, 0.25) is 0 Å². The Morgan fingerprint density at radius 3 is 2.52 bits per heavy atom. The zero-order valence-corrected chi connectivity index (χ0v) is 15.0. The van der Waals surface area contributed by atoms with Gasteiger partial charge in [-0.15, -0.1) is 0 Å². The van der Waals surface area contributed by atoms with E-state index in [1.807, 2.05) is 0 Å². The van der Waals surface area contributed by atoms with Crippen LogP contribution in [-0.2, 0) is 13.8 Å². The van der Waals surface area contributed by atoms with Gasteiger partial charge in [0.25, 0.3) is 5.56 Å². The van der Waals surface area contributed by atoms with Gasteiger partial charge in [0.2, 0.25) is 5.82 Å². The number of aromatic nitrogens is 2. The maximum Gasteiger partial charge on any atom is 1.00 e. The summed E-state index contributed by atoms with van der Waals surface area (Å²) in [6.07, 6.45) is -3.32. The number of H-pyrrole nitrogens is 1. The van der Waals surface area contributed by atoms with Crippen LogP contribution in [0.1, 0.15) is 26.5 Å². The molecule has 25 heavy (non-hydrogen) atoms. The quantitative estimate of drug-likeness (QED) is 0.393. The number of aliphatic hydroxyl groups is 1. The number of nitrogens with zero attached hydrogens (tertiary/aromatic N) is 1. The second kappa shape index (κ2) is 8.68. The zero-order valence-electron chi connectivity index (χ0n) is 14.1. The molecule has 1 fully saturated rings. The first-order chi connectivity index (χ1) is 10.4. The van der Waals surface area contributed by atoms with Crippen molar-refractivity contribution >= 4 is 7.82 Å². The maximum absolute atomic E-state index is 13.3. The third-order valence-electron chi connectivity index (χ3n) is 3.36. The summed E-state index contributed by atoms with van der Waals surface area (Å²) < 4.78 is 34.5. The first kappa shape index (κ1) is 24.8. The molecule has 0 bridgehead atoms. The number of hydrogen-bond donors (Lipinski definition) is 2. The minimum atomic E-state index is -5.35. The third kappa shape index (κ3) is 5.91. The Balaban J connectivity index is 0.00000288. The minimum Gasteiger partial charge on any atom is -0.790 e. The van der Waals surface area contributed by atoms with Crippen molar-refractivity contribution in [2.75, 3.05) is 0 Å². The summed E-state index contributed by atoms with van der Waals surface area (Å²) >= 11 is 0. The third-order valence-corrected chi connectivity index (χ3v) is 4.06. The van der Waals surface area contributed by atoms with Crippen molar-refractivity contribution in [3.8, 4) is 0 Å². The van der Waals surface area contributed by atoms with Crippen molar-refractivity contribution in [3.05, 3.63) is 32.9 Å². The molecule has 3 atom stereocenters. The van der Waals surface area contributed by atoms with E-state index >= 15 is 0 Å². The summed E-state index contributed by atoms with van der Waals surface area (Å²) in [5.74, 6) is -1.23. The Morgan fingerprint density at radius 2 is 2.00 bits per heavy atom. The molecule has 0 amide bonds. The Hall–Kier alpha value is -0.165. The molecule has 1 aromatic heterocycles. The Kier molecular flexibility index (Phi) is 8.62. The van der Waals surface area contributed by atoms with E-state index in [-0.39, 0.29) is 44.1 Å². The van der Waals surface area contributed by atoms with Gasteiger partial charge in [0, 0.05) is 6.42 Å². The fourth-order valence-electron chi connectivity index (χ4n) is 2.47. The number of nitrogens with one attached hydrogen (secondary N) is 1. The summed E-state index contributed by atoms with van der Waals surface area (Å²) in [5.41, 5.74) is -3.88. The van der Waals surface area contributed by atoms with E-state index in [1.54, 1.807) is 4.98 Å². The van der Waals surface area contributed by atoms with Crippen LogP contribution < -0.4 is 58.8 Å². The molecule has 2 rings (SSSR count). The van der Waals surface area contributed by atoms with Gasteiger partial charge in [-0.05, 0) is 13.8 Å². The minimum absolute atomic E-state index is 0. The average Bonchev–Trinajstić information content (AvgIpc) is 2.73. The molecular weight excluding hydrogens is 352 g/mol. The molecule has 0 radical (unpaired) electrons. The molecular formula is C11H14FLi2N2O8P. The van der Waals surface area contributed by atoms with Crippen molar-refractivity contribution in [3.63, 3.8) is 0 Å². The predicted molar refractivity (Wildman–Crippen MR) is 68.6 cm³/mol. The molecule has 1 aliphatic heterocycles. The Bertz CT molecular complexity index is 763. The van der Waals surface area contributed by atoms with Gasteiger partial charge >= 0.3 is 43.4 Å². The van der Waals surface area contributed by atoms with E-state index in [2.05, 4.69) is 4.52 Å². The summed E-state index contributed by atoms with van der Waals surface area (Å²) in [4.78, 5) is 45.9. The molecule has 0 spiro atoms. The summed E-state index contributed by atoms with van der Waals surface area (Å²) in [5, 5.41) is 9.99. The number of halogens is 1. The average molecular weight is 366 g/mol. The van der Waals surface area contributed by atoms with Gasteiger partial charge in [-0.3, -0.25) is 14.3 Å². The topological polar surface area (TPSA) is 157 Å². The smallest absolute Gasteiger partial charge is 0.790 e. The van der Waals surface area contributed by atoms with Crippen LogP contribution >= 0.6 is 7.82 Å². The molecule has 14 heteroatoms. The standard InChI is InChI=1S/C11H16FN2O8P.2Li/c1-11(2,22-23(18,19)20)8-6(15)3-7(21-8)14-4-5(12)9(16)13-10(14)17;;/h4,6-8,15H,3H2,1-2H3,(H,13,16,17)(H2,18,19,20);;/q;2*+1/p-2/t6-,7+,8-;;/m0../s1. The number of rotatable bonds is 4. The molecule has 0 aromatic carbocycles. The Labute approximate surface area is 165 Å². The van der Waals surface area contributed by atoms with Crippen molar-refractivity contribution < 1.29 is 70.8 Å². The second-order valence-electron chi connectivity index (χ2n) is 5.60. The molecule has 1 saturated heterocycles. The van der Waals surface area contributed by atoms with E-state index < -0.39 is 48.9 Å². The van der Waals surface area contributed by atoms with Gasteiger partial charge in [-0.25, -0.2) is 4.79 Å². The van der Waals surface area contributed by atoms with Crippen molar-refractivity contribution in [2.24, 2.45) is 0 Å². The van der Waals surface area contributed by atoms with E-state index in [9.17, 15) is 33.4 Å². The number of ether oxygens (including phenoxy) is 1. The van der Waals surface area contributed by atoms with Gasteiger partial charge in [-0.2, -0.15) is 4.39 Å². The first-order valence-corrected chi connectivity index (χ1v) is 7.94. The summed E-state index contributed by atoms with van der Waals surface area (Å²) in [6, 6.07) is 0. The molecule has 2 heterocycles. The summed E-state index contributed by atoms with van der Waals surface area (Å²) in [7, 11) is -5.35. The predicted octanol–water partition coefficient (Wildman–Crippen LogP) is -8.04. The largest absolute Gasteiger partial charge is 1.00 e. The number of phosphoric acid groups is 1. The van der Waals surface area contributed by atoms with Crippen LogP contribution in [0, 0.1) is 5.82 Å². The van der Waals surface area contributed by atoms with Gasteiger partial charge in [0.15, 0.2) is 0 Å². The SMILES string of the molecule is CC(C)(OP(=O)([O-])[O-])[C@H]1O[C@@H](n2cc(F)c(=O)[nH]c2=O)C[C@@H]1O.[Li+].[Li+]. The molecule has 130 valence electrons. The monoisotopic (exact) mass is 366 g/mol. The fourth-order valence-corrected chi connectivity index (χ4v) is 3.15. The molecule has 1 aliphatic rings. The fraction of sp³-hybridized carbons (Fsp3) is 0.636. The first-order valence-electron chi connectivity index (χ1n) is 6.48. The van der Waals surface area contributed by atoms with E-state index in [0.29, 0.717) is 10.8 Å².